The summed E-state index contributed by atoms with van der Waals surface area (Å²) in [5.74, 6) is 0.835. The molecule has 0 saturated carbocycles. The van der Waals surface area contributed by atoms with Crippen LogP contribution in [0.1, 0.15) is 27.8 Å². The molecule has 4 aromatic carbocycles. The SMILES string of the molecule is COc1ccc(C(OCc2ccc(CN=[N+]=[N-])c(O)c2)(c2ccccc2)c2ccccc2)cc1. The van der Waals surface area contributed by atoms with Crippen LogP contribution in [0.15, 0.2) is 108 Å². The molecule has 0 atom stereocenters. The molecule has 170 valence electrons. The van der Waals surface area contributed by atoms with Crippen LogP contribution >= 0.6 is 0 Å². The van der Waals surface area contributed by atoms with Crippen molar-refractivity contribution in [3.05, 3.63) is 141 Å². The summed E-state index contributed by atoms with van der Waals surface area (Å²) in [5, 5.41) is 13.9. The maximum absolute atomic E-state index is 10.4. The first kappa shape index (κ1) is 22.9. The van der Waals surface area contributed by atoms with Crippen LogP contribution in [0.3, 0.4) is 0 Å². The maximum atomic E-state index is 10.4. The predicted molar refractivity (Wildman–Crippen MR) is 132 cm³/mol. The molecule has 4 rings (SSSR count). The molecule has 0 aliphatic carbocycles. The summed E-state index contributed by atoms with van der Waals surface area (Å²) in [7, 11) is 1.64. The van der Waals surface area contributed by atoms with E-state index < -0.39 is 5.60 Å². The van der Waals surface area contributed by atoms with E-state index in [4.69, 9.17) is 15.0 Å². The minimum Gasteiger partial charge on any atom is -0.508 e. The highest BCUT2D eigenvalue weighted by Gasteiger charge is 2.37. The Bertz CT molecular complexity index is 1230. The second kappa shape index (κ2) is 10.6. The summed E-state index contributed by atoms with van der Waals surface area (Å²) < 4.78 is 12.2. The van der Waals surface area contributed by atoms with Gasteiger partial charge in [0, 0.05) is 4.91 Å². The fourth-order valence-electron chi connectivity index (χ4n) is 4.05. The van der Waals surface area contributed by atoms with Gasteiger partial charge < -0.3 is 14.6 Å². The Morgan fingerprint density at radius 1 is 0.824 bits per heavy atom. The number of phenolic OH excluding ortho intramolecular Hbond substituents is 1. The fourth-order valence-corrected chi connectivity index (χ4v) is 4.05. The third-order valence-electron chi connectivity index (χ3n) is 5.77. The third kappa shape index (κ3) is 4.74. The van der Waals surface area contributed by atoms with Gasteiger partial charge in [-0.1, -0.05) is 90.0 Å². The molecule has 6 nitrogen and oxygen atoms in total. The summed E-state index contributed by atoms with van der Waals surface area (Å²) in [6, 6.07) is 33.3. The van der Waals surface area contributed by atoms with Gasteiger partial charge in [-0.05, 0) is 51.5 Å². The van der Waals surface area contributed by atoms with Gasteiger partial charge in [-0.3, -0.25) is 0 Å². The lowest BCUT2D eigenvalue weighted by Crippen LogP contribution is -2.32. The second-order valence-corrected chi connectivity index (χ2v) is 7.78. The van der Waals surface area contributed by atoms with Crippen molar-refractivity contribution in [1.29, 1.82) is 0 Å². The molecular weight excluding hydrogens is 426 g/mol. The Morgan fingerprint density at radius 3 is 1.94 bits per heavy atom. The number of nitrogens with zero attached hydrogens (tertiary/aromatic N) is 3. The first-order chi connectivity index (χ1) is 16.7. The van der Waals surface area contributed by atoms with Crippen LogP contribution in [-0.2, 0) is 23.5 Å². The highest BCUT2D eigenvalue weighted by molar-refractivity contribution is 5.49. The lowest BCUT2D eigenvalue weighted by molar-refractivity contribution is 0.000143. The summed E-state index contributed by atoms with van der Waals surface area (Å²) in [4.78, 5) is 2.76. The zero-order valence-electron chi connectivity index (χ0n) is 18.8. The van der Waals surface area contributed by atoms with E-state index >= 15 is 0 Å². The minimum atomic E-state index is -0.895. The number of hydrogen-bond donors (Lipinski definition) is 1. The van der Waals surface area contributed by atoms with Gasteiger partial charge >= 0.3 is 0 Å². The largest absolute Gasteiger partial charge is 0.508 e. The summed E-state index contributed by atoms with van der Waals surface area (Å²) in [5.41, 5.74) is 11.9. The average Bonchev–Trinajstić information content (AvgIpc) is 2.90. The van der Waals surface area contributed by atoms with Crippen molar-refractivity contribution in [2.45, 2.75) is 18.8 Å². The molecule has 0 spiro atoms. The van der Waals surface area contributed by atoms with Crippen LogP contribution in [0.2, 0.25) is 0 Å². The number of azide groups is 1. The zero-order chi connectivity index (χ0) is 23.8. The smallest absolute Gasteiger partial charge is 0.144 e. The topological polar surface area (TPSA) is 87.5 Å². The summed E-state index contributed by atoms with van der Waals surface area (Å²) in [6.07, 6.45) is 0. The number of ether oxygens (including phenoxy) is 2. The van der Waals surface area contributed by atoms with Crippen LogP contribution in [0.25, 0.3) is 10.4 Å². The maximum Gasteiger partial charge on any atom is 0.144 e. The van der Waals surface area contributed by atoms with E-state index in [0.29, 0.717) is 5.56 Å². The number of rotatable bonds is 9. The molecule has 0 aliphatic heterocycles. The molecule has 0 amide bonds. The third-order valence-corrected chi connectivity index (χ3v) is 5.77. The second-order valence-electron chi connectivity index (χ2n) is 7.78. The van der Waals surface area contributed by atoms with Crippen LogP contribution in [0, 0.1) is 0 Å². The summed E-state index contributed by atoms with van der Waals surface area (Å²) in [6.45, 7) is 0.332. The molecule has 4 aromatic rings. The van der Waals surface area contributed by atoms with Gasteiger partial charge in [-0.25, -0.2) is 0 Å². The van der Waals surface area contributed by atoms with Crippen molar-refractivity contribution in [1.82, 2.24) is 0 Å². The van der Waals surface area contributed by atoms with Crippen LogP contribution in [0.4, 0.5) is 0 Å². The molecular formula is C28H25N3O3. The van der Waals surface area contributed by atoms with Crippen LogP contribution in [0.5, 0.6) is 11.5 Å². The van der Waals surface area contributed by atoms with Crippen molar-refractivity contribution in [2.24, 2.45) is 5.11 Å². The Labute approximate surface area is 198 Å². The van der Waals surface area contributed by atoms with Gasteiger partial charge in [0.1, 0.15) is 17.1 Å². The molecule has 0 aromatic heterocycles. The number of methoxy groups -OCH3 is 1. The number of aromatic hydroxyl groups is 1. The van der Waals surface area contributed by atoms with Gasteiger partial charge in [0.15, 0.2) is 0 Å². The Balaban J connectivity index is 1.80. The van der Waals surface area contributed by atoms with Gasteiger partial charge in [-0.2, -0.15) is 0 Å². The lowest BCUT2D eigenvalue weighted by Gasteiger charge is -2.36. The number of benzene rings is 4. The molecule has 6 heteroatoms. The van der Waals surface area contributed by atoms with E-state index in [9.17, 15) is 5.11 Å². The fraction of sp³-hybridized carbons (Fsp3) is 0.143. The first-order valence-electron chi connectivity index (χ1n) is 10.9. The van der Waals surface area contributed by atoms with Crippen molar-refractivity contribution < 1.29 is 14.6 Å². The van der Waals surface area contributed by atoms with Crippen molar-refractivity contribution in [3.63, 3.8) is 0 Å². The highest BCUT2D eigenvalue weighted by Crippen LogP contribution is 2.41. The molecule has 0 fully saturated rings. The number of hydrogen-bond acceptors (Lipinski definition) is 4. The Morgan fingerprint density at radius 2 is 1.41 bits per heavy atom. The quantitative estimate of drug-likeness (QED) is 0.133. The monoisotopic (exact) mass is 451 g/mol. The molecule has 0 unspecified atom stereocenters. The summed E-state index contributed by atoms with van der Waals surface area (Å²) >= 11 is 0. The lowest BCUT2D eigenvalue weighted by atomic mass is 9.80. The van der Waals surface area contributed by atoms with Gasteiger partial charge in [0.2, 0.25) is 0 Å². The highest BCUT2D eigenvalue weighted by atomic mass is 16.5. The number of phenols is 1. The molecule has 0 aliphatic rings. The van der Waals surface area contributed by atoms with Crippen molar-refractivity contribution in [2.75, 3.05) is 7.11 Å². The molecule has 34 heavy (non-hydrogen) atoms. The zero-order valence-corrected chi connectivity index (χ0v) is 18.8. The molecule has 1 N–H and O–H groups in total. The molecule has 0 bridgehead atoms. The standard InChI is InChI=1S/C28H25N3O3/c1-33-26-16-14-25(15-17-26)28(23-8-4-2-5-9-23,24-10-6-3-7-11-24)34-20-21-12-13-22(19-30-31-29)27(32)18-21/h2-18,32H,19-20H2,1H3. The van der Waals surface area contributed by atoms with E-state index in [-0.39, 0.29) is 18.9 Å². The van der Waals surface area contributed by atoms with E-state index in [0.717, 1.165) is 28.0 Å². The van der Waals surface area contributed by atoms with E-state index in [1.54, 1.807) is 19.2 Å². The Hall–Kier alpha value is -4.25. The van der Waals surface area contributed by atoms with E-state index in [1.807, 2.05) is 66.7 Å². The first-order valence-corrected chi connectivity index (χ1v) is 10.9. The Kier molecular flexibility index (Phi) is 7.13. The molecule has 0 heterocycles. The van der Waals surface area contributed by atoms with Gasteiger partial charge in [-0.15, -0.1) is 0 Å². The molecule has 0 saturated heterocycles. The van der Waals surface area contributed by atoms with Gasteiger partial charge in [0.05, 0.1) is 20.3 Å². The van der Waals surface area contributed by atoms with Crippen LogP contribution < -0.4 is 4.74 Å². The minimum absolute atomic E-state index is 0.0722. The normalized spacial score (nSPS) is 11.0. The average molecular weight is 452 g/mol. The van der Waals surface area contributed by atoms with Gasteiger partial charge in [0.25, 0.3) is 0 Å². The van der Waals surface area contributed by atoms with Crippen molar-refractivity contribution >= 4 is 0 Å². The van der Waals surface area contributed by atoms with Crippen LogP contribution in [-0.4, -0.2) is 12.2 Å². The van der Waals surface area contributed by atoms with E-state index in [2.05, 4.69) is 34.3 Å². The molecule has 0 radical (unpaired) electrons. The van der Waals surface area contributed by atoms with E-state index in [1.165, 1.54) is 0 Å². The van der Waals surface area contributed by atoms with Crippen molar-refractivity contribution in [3.8, 4) is 11.5 Å². The predicted octanol–water partition coefficient (Wildman–Crippen LogP) is 6.72.